The number of nitrogens with one attached hydrogen (secondary N) is 1. The van der Waals surface area contributed by atoms with Gasteiger partial charge in [0.1, 0.15) is 0 Å². The molecule has 6 heteroatoms. The molecule has 0 spiro atoms. The van der Waals surface area contributed by atoms with Crippen LogP contribution in [0.2, 0.25) is 0 Å². The van der Waals surface area contributed by atoms with Crippen LogP contribution in [0.1, 0.15) is 12.0 Å². The van der Waals surface area contributed by atoms with Crippen molar-refractivity contribution >= 4 is 11.5 Å². The van der Waals surface area contributed by atoms with E-state index in [2.05, 4.69) is 51.3 Å². The highest BCUT2D eigenvalue weighted by Gasteiger charge is 2.16. The minimum absolute atomic E-state index is 0.0748. The first-order valence-corrected chi connectivity index (χ1v) is 8.93. The Labute approximate surface area is 149 Å². The van der Waals surface area contributed by atoms with E-state index in [9.17, 15) is 4.79 Å². The van der Waals surface area contributed by atoms with Gasteiger partial charge in [-0.2, -0.15) is 0 Å². The summed E-state index contributed by atoms with van der Waals surface area (Å²) in [7, 11) is 1.74. The van der Waals surface area contributed by atoms with Gasteiger partial charge in [-0.05, 0) is 37.6 Å². The second-order valence-electron chi connectivity index (χ2n) is 6.64. The normalized spacial score (nSPS) is 15.4. The average molecular weight is 341 g/mol. The Hall–Kier alpha value is -2.34. The molecule has 0 atom stereocenters. The molecule has 0 aliphatic carbocycles. The summed E-state index contributed by atoms with van der Waals surface area (Å²) in [6, 6.07) is 8.72. The van der Waals surface area contributed by atoms with E-state index < -0.39 is 0 Å². The Morgan fingerprint density at radius 1 is 1.20 bits per heavy atom. The predicted molar refractivity (Wildman–Crippen MR) is 102 cm³/mol. The summed E-state index contributed by atoms with van der Waals surface area (Å²) in [4.78, 5) is 20.9. The first kappa shape index (κ1) is 17.5. The van der Waals surface area contributed by atoms with Crippen molar-refractivity contribution in [3.63, 3.8) is 0 Å². The Balaban J connectivity index is 1.39. The van der Waals surface area contributed by atoms with E-state index in [0.29, 0.717) is 5.82 Å². The van der Waals surface area contributed by atoms with Gasteiger partial charge in [-0.3, -0.25) is 9.69 Å². The van der Waals surface area contributed by atoms with E-state index in [0.717, 1.165) is 45.7 Å². The summed E-state index contributed by atoms with van der Waals surface area (Å²) in [6.45, 7) is 8.25. The van der Waals surface area contributed by atoms with Crippen molar-refractivity contribution in [2.24, 2.45) is 7.05 Å². The fourth-order valence-corrected chi connectivity index (χ4v) is 3.18. The van der Waals surface area contributed by atoms with Crippen LogP contribution in [0.15, 0.2) is 41.5 Å². The second kappa shape index (κ2) is 8.16. The van der Waals surface area contributed by atoms with Crippen molar-refractivity contribution in [1.82, 2.24) is 14.5 Å². The standard InChI is InChI=1S/C19H27N5O/c1-16-5-3-6-17(15-16)24-13-11-23(12-14-24)9-4-7-20-18-19(25)22(2)10-8-21-18/h3,5-6,8,10,15H,4,7,9,11-14H2,1-2H3,(H,20,21). The molecule has 1 aliphatic rings. The summed E-state index contributed by atoms with van der Waals surface area (Å²) in [5.41, 5.74) is 2.56. The van der Waals surface area contributed by atoms with Crippen molar-refractivity contribution < 1.29 is 0 Å². The molecule has 0 amide bonds. The highest BCUT2D eigenvalue weighted by molar-refractivity contribution is 5.48. The number of benzene rings is 1. The lowest BCUT2D eigenvalue weighted by Gasteiger charge is -2.36. The Bertz CT molecular complexity index is 749. The maximum atomic E-state index is 11.9. The third-order valence-electron chi connectivity index (χ3n) is 4.70. The van der Waals surface area contributed by atoms with Crippen LogP contribution in [0.4, 0.5) is 11.5 Å². The molecule has 0 radical (unpaired) electrons. The van der Waals surface area contributed by atoms with Gasteiger partial charge in [-0.15, -0.1) is 0 Å². The lowest BCUT2D eigenvalue weighted by Crippen LogP contribution is -2.46. The van der Waals surface area contributed by atoms with Crippen molar-refractivity contribution in [1.29, 1.82) is 0 Å². The van der Waals surface area contributed by atoms with Crippen LogP contribution in [-0.2, 0) is 7.05 Å². The number of aromatic nitrogens is 2. The molecule has 0 saturated carbocycles. The number of hydrogen-bond acceptors (Lipinski definition) is 5. The van der Waals surface area contributed by atoms with Gasteiger partial charge in [0.05, 0.1) is 0 Å². The first-order valence-electron chi connectivity index (χ1n) is 8.93. The van der Waals surface area contributed by atoms with Crippen molar-refractivity contribution in [2.75, 3.05) is 49.5 Å². The quantitative estimate of drug-likeness (QED) is 0.811. The van der Waals surface area contributed by atoms with Gasteiger partial charge in [0.2, 0.25) is 0 Å². The van der Waals surface area contributed by atoms with Gasteiger partial charge < -0.3 is 14.8 Å². The predicted octanol–water partition coefficient (Wildman–Crippen LogP) is 1.71. The highest BCUT2D eigenvalue weighted by Crippen LogP contribution is 2.17. The summed E-state index contributed by atoms with van der Waals surface area (Å²) in [5, 5.41) is 3.15. The minimum atomic E-state index is -0.0748. The number of aryl methyl sites for hydroxylation is 2. The van der Waals surface area contributed by atoms with E-state index in [1.54, 1.807) is 24.0 Å². The summed E-state index contributed by atoms with van der Waals surface area (Å²) in [5.74, 6) is 0.439. The molecule has 1 N–H and O–H groups in total. The fraction of sp³-hybridized carbons (Fsp3) is 0.474. The summed E-state index contributed by atoms with van der Waals surface area (Å²) >= 11 is 0. The molecule has 134 valence electrons. The molecule has 1 fully saturated rings. The highest BCUT2D eigenvalue weighted by atomic mass is 16.1. The molecule has 0 bridgehead atoms. The van der Waals surface area contributed by atoms with Gasteiger partial charge in [0.25, 0.3) is 5.56 Å². The molecule has 1 aromatic carbocycles. The monoisotopic (exact) mass is 341 g/mol. The zero-order chi connectivity index (χ0) is 17.6. The molecule has 2 heterocycles. The van der Waals surface area contributed by atoms with Crippen LogP contribution in [0.3, 0.4) is 0 Å². The fourth-order valence-electron chi connectivity index (χ4n) is 3.18. The molecule has 0 unspecified atom stereocenters. The van der Waals surface area contributed by atoms with Crippen molar-refractivity contribution in [2.45, 2.75) is 13.3 Å². The van der Waals surface area contributed by atoms with Crippen LogP contribution in [-0.4, -0.2) is 53.7 Å². The minimum Gasteiger partial charge on any atom is -0.369 e. The smallest absolute Gasteiger partial charge is 0.293 e. The van der Waals surface area contributed by atoms with Gasteiger partial charge in [0, 0.05) is 57.9 Å². The van der Waals surface area contributed by atoms with Crippen LogP contribution in [0.5, 0.6) is 0 Å². The van der Waals surface area contributed by atoms with E-state index in [1.165, 1.54) is 11.3 Å². The lowest BCUT2D eigenvalue weighted by atomic mass is 10.2. The molecular formula is C19H27N5O. The third-order valence-corrected chi connectivity index (χ3v) is 4.70. The van der Waals surface area contributed by atoms with E-state index in [-0.39, 0.29) is 5.56 Å². The number of anilines is 2. The molecular weight excluding hydrogens is 314 g/mol. The van der Waals surface area contributed by atoms with E-state index in [1.807, 2.05) is 0 Å². The number of rotatable bonds is 6. The largest absolute Gasteiger partial charge is 0.369 e. The maximum Gasteiger partial charge on any atom is 0.293 e. The number of piperazine rings is 1. The first-order chi connectivity index (χ1) is 12.1. The van der Waals surface area contributed by atoms with E-state index >= 15 is 0 Å². The summed E-state index contributed by atoms with van der Waals surface area (Å²) in [6.07, 6.45) is 4.32. The summed E-state index contributed by atoms with van der Waals surface area (Å²) < 4.78 is 1.54. The van der Waals surface area contributed by atoms with Gasteiger partial charge >= 0.3 is 0 Å². The molecule has 1 aliphatic heterocycles. The molecule has 6 nitrogen and oxygen atoms in total. The van der Waals surface area contributed by atoms with Crippen LogP contribution < -0.4 is 15.8 Å². The van der Waals surface area contributed by atoms with Crippen molar-refractivity contribution in [3.8, 4) is 0 Å². The zero-order valence-electron chi connectivity index (χ0n) is 15.1. The van der Waals surface area contributed by atoms with Crippen LogP contribution in [0, 0.1) is 6.92 Å². The number of nitrogens with zero attached hydrogens (tertiary/aromatic N) is 4. The van der Waals surface area contributed by atoms with Gasteiger partial charge in [-0.1, -0.05) is 12.1 Å². The molecule has 1 aromatic heterocycles. The van der Waals surface area contributed by atoms with Crippen molar-refractivity contribution in [3.05, 3.63) is 52.6 Å². The molecule has 2 aromatic rings. The molecule has 3 rings (SSSR count). The Morgan fingerprint density at radius 3 is 2.76 bits per heavy atom. The zero-order valence-corrected chi connectivity index (χ0v) is 15.1. The second-order valence-corrected chi connectivity index (χ2v) is 6.64. The number of hydrogen-bond donors (Lipinski definition) is 1. The Morgan fingerprint density at radius 2 is 2.00 bits per heavy atom. The lowest BCUT2D eigenvalue weighted by molar-refractivity contribution is 0.257. The van der Waals surface area contributed by atoms with Crippen LogP contribution >= 0.6 is 0 Å². The van der Waals surface area contributed by atoms with Gasteiger partial charge in [0.15, 0.2) is 5.82 Å². The van der Waals surface area contributed by atoms with Gasteiger partial charge in [-0.25, -0.2) is 4.98 Å². The Kier molecular flexibility index (Phi) is 5.71. The average Bonchev–Trinajstić information content (AvgIpc) is 2.62. The SMILES string of the molecule is Cc1cccc(N2CCN(CCCNc3nccn(C)c3=O)CC2)c1. The topological polar surface area (TPSA) is 53.4 Å². The molecule has 1 saturated heterocycles. The third kappa shape index (κ3) is 4.60. The van der Waals surface area contributed by atoms with Crippen LogP contribution in [0.25, 0.3) is 0 Å². The van der Waals surface area contributed by atoms with E-state index in [4.69, 9.17) is 0 Å². The maximum absolute atomic E-state index is 11.9. The molecule has 25 heavy (non-hydrogen) atoms.